The molecule has 9 rings (SSSR count). The van der Waals surface area contributed by atoms with Gasteiger partial charge >= 0.3 is 0 Å². The molecule has 0 bridgehead atoms. The second-order valence-electron chi connectivity index (χ2n) is 21.2. The summed E-state index contributed by atoms with van der Waals surface area (Å²) in [7, 11) is 0. The normalized spacial score (nSPS) is 60.1. The Morgan fingerprint density at radius 1 is 0.661 bits per heavy atom. The average molecular weight is 889 g/mol. The van der Waals surface area contributed by atoms with Crippen LogP contribution in [-0.4, -0.2) is 187 Å². The Bertz CT molecular complexity index is 1580. The molecule has 9 fully saturated rings. The van der Waals surface area contributed by atoms with Gasteiger partial charge < -0.3 is 89.0 Å². The maximum absolute atomic E-state index is 13.0. The molecule has 27 atom stereocenters. The van der Waals surface area contributed by atoms with Crippen LogP contribution in [0.3, 0.4) is 0 Å². The van der Waals surface area contributed by atoms with Crippen LogP contribution in [0.25, 0.3) is 0 Å². The van der Waals surface area contributed by atoms with Gasteiger partial charge in [-0.05, 0) is 86.9 Å². The Balaban J connectivity index is 1.01. The number of ether oxygens (including phenoxy) is 8. The lowest BCUT2D eigenvalue weighted by Gasteiger charge is -2.64. The predicted molar refractivity (Wildman–Crippen MR) is 211 cm³/mol. The van der Waals surface area contributed by atoms with E-state index in [1.54, 1.807) is 6.92 Å². The molecule has 10 N–H and O–H groups in total. The van der Waals surface area contributed by atoms with E-state index in [0.717, 1.165) is 38.5 Å². The molecule has 5 saturated heterocycles. The van der Waals surface area contributed by atoms with E-state index in [4.69, 9.17) is 37.9 Å². The number of hydrogen-bond donors (Lipinski definition) is 10. The maximum atomic E-state index is 13.0. The standard InChI is InChI=1S/C44H72O18/c1-18-8-11-43(56-16-18)20(3)44(54)29(62-43)14-25-23-7-6-21-12-22(46)13-28(42(21,5)24(23)9-10-41(25,44)4)59-40-37(61-39-35(53)33(51)32(50)27(15-45)58-39)36(30(48)19(2)57-40)60-38-34(52)31(49)26(47)17-55-38/h18-40,45-54H,6-17H2,1-5H3. The summed E-state index contributed by atoms with van der Waals surface area (Å²) in [5.41, 5.74) is -2.01. The lowest BCUT2D eigenvalue weighted by Crippen LogP contribution is -2.67. The summed E-state index contributed by atoms with van der Waals surface area (Å²) in [6.07, 6.45) is -16.7. The van der Waals surface area contributed by atoms with E-state index in [1.165, 1.54) is 0 Å². The van der Waals surface area contributed by atoms with Crippen LogP contribution >= 0.6 is 0 Å². The lowest BCUT2D eigenvalue weighted by atomic mass is 9.43. The molecule has 0 amide bonds. The van der Waals surface area contributed by atoms with Crippen LogP contribution in [0.15, 0.2) is 0 Å². The van der Waals surface area contributed by atoms with Gasteiger partial charge in [-0.15, -0.1) is 0 Å². The van der Waals surface area contributed by atoms with Gasteiger partial charge in [-0.25, -0.2) is 0 Å². The van der Waals surface area contributed by atoms with Crippen LogP contribution in [0.1, 0.15) is 92.4 Å². The molecule has 18 heteroatoms. The molecular formula is C44H72O18. The van der Waals surface area contributed by atoms with Gasteiger partial charge in [0.1, 0.15) is 66.6 Å². The second kappa shape index (κ2) is 16.8. The average Bonchev–Trinajstić information content (AvgIpc) is 3.60. The molecule has 0 aromatic rings. The number of aliphatic hydroxyl groups is 10. The third-order valence-electron chi connectivity index (χ3n) is 18.2. The molecule has 27 unspecified atom stereocenters. The molecule has 356 valence electrons. The van der Waals surface area contributed by atoms with Gasteiger partial charge in [0, 0.05) is 24.2 Å². The van der Waals surface area contributed by atoms with Crippen LogP contribution in [0.2, 0.25) is 0 Å². The minimum atomic E-state index is -1.84. The molecule has 4 saturated carbocycles. The van der Waals surface area contributed by atoms with E-state index in [2.05, 4.69) is 27.7 Å². The number of aliphatic hydroxyl groups excluding tert-OH is 9. The molecule has 4 aliphatic carbocycles. The molecule has 9 aliphatic rings. The molecule has 0 aromatic heterocycles. The second-order valence-corrected chi connectivity index (χ2v) is 21.2. The van der Waals surface area contributed by atoms with Crippen molar-refractivity contribution in [2.24, 2.45) is 46.3 Å². The van der Waals surface area contributed by atoms with Crippen molar-refractivity contribution >= 4 is 0 Å². The Morgan fingerprint density at radius 3 is 2.10 bits per heavy atom. The zero-order valence-electron chi connectivity index (χ0n) is 36.5. The Kier molecular flexibility index (Phi) is 12.6. The summed E-state index contributed by atoms with van der Waals surface area (Å²) in [6, 6.07) is 0. The highest BCUT2D eigenvalue weighted by Crippen LogP contribution is 2.73. The zero-order chi connectivity index (χ0) is 44.4. The summed E-state index contributed by atoms with van der Waals surface area (Å²) < 4.78 is 50.6. The minimum absolute atomic E-state index is 0.0593. The molecular weight excluding hydrogens is 816 g/mol. The first-order chi connectivity index (χ1) is 29.3. The summed E-state index contributed by atoms with van der Waals surface area (Å²) in [5.74, 6) is -0.0172. The van der Waals surface area contributed by atoms with Crippen LogP contribution in [0.4, 0.5) is 0 Å². The molecule has 5 heterocycles. The fourth-order valence-corrected chi connectivity index (χ4v) is 14.4. The molecule has 5 aliphatic heterocycles. The van der Waals surface area contributed by atoms with Crippen molar-refractivity contribution in [1.29, 1.82) is 0 Å². The first kappa shape index (κ1) is 46.4. The molecule has 1 spiro atoms. The highest BCUT2D eigenvalue weighted by molar-refractivity contribution is 5.23. The van der Waals surface area contributed by atoms with E-state index >= 15 is 0 Å². The largest absolute Gasteiger partial charge is 0.394 e. The summed E-state index contributed by atoms with van der Waals surface area (Å²) in [5, 5.41) is 110. The fraction of sp³-hybridized carbons (Fsp3) is 1.00. The first-order valence-electron chi connectivity index (χ1n) is 23.3. The van der Waals surface area contributed by atoms with Gasteiger partial charge in [-0.3, -0.25) is 0 Å². The Labute approximate surface area is 362 Å². The number of hydrogen-bond acceptors (Lipinski definition) is 18. The number of fused-ring (bicyclic) bond motifs is 7. The number of rotatable bonds is 7. The van der Waals surface area contributed by atoms with Crippen molar-refractivity contribution in [2.45, 2.75) is 208 Å². The minimum Gasteiger partial charge on any atom is -0.394 e. The summed E-state index contributed by atoms with van der Waals surface area (Å²) in [4.78, 5) is 0. The Hall–Kier alpha value is -0.720. The first-order valence-corrected chi connectivity index (χ1v) is 23.3. The topological polar surface area (TPSA) is 276 Å². The van der Waals surface area contributed by atoms with Gasteiger partial charge in [0.15, 0.2) is 24.7 Å². The van der Waals surface area contributed by atoms with Crippen LogP contribution in [0.5, 0.6) is 0 Å². The smallest absolute Gasteiger partial charge is 0.187 e. The molecule has 0 radical (unpaired) electrons. The van der Waals surface area contributed by atoms with E-state index in [0.29, 0.717) is 25.4 Å². The molecule has 0 aromatic carbocycles. The van der Waals surface area contributed by atoms with Gasteiger partial charge in [-0.1, -0.05) is 27.7 Å². The van der Waals surface area contributed by atoms with Crippen molar-refractivity contribution < 1.29 is 89.0 Å². The van der Waals surface area contributed by atoms with Gasteiger partial charge in [0.05, 0.1) is 44.2 Å². The third-order valence-corrected chi connectivity index (χ3v) is 18.2. The lowest BCUT2D eigenvalue weighted by molar-refractivity contribution is -0.395. The quantitative estimate of drug-likeness (QED) is 0.147. The molecule has 18 nitrogen and oxygen atoms in total. The van der Waals surface area contributed by atoms with Crippen molar-refractivity contribution in [1.82, 2.24) is 0 Å². The monoisotopic (exact) mass is 888 g/mol. The fourth-order valence-electron chi connectivity index (χ4n) is 14.4. The van der Waals surface area contributed by atoms with Crippen LogP contribution in [-0.2, 0) is 37.9 Å². The van der Waals surface area contributed by atoms with Crippen LogP contribution in [0, 0.1) is 46.3 Å². The van der Waals surface area contributed by atoms with Gasteiger partial charge in [0.25, 0.3) is 0 Å². The molecule has 62 heavy (non-hydrogen) atoms. The van der Waals surface area contributed by atoms with Crippen molar-refractivity contribution in [3.8, 4) is 0 Å². The predicted octanol–water partition coefficient (Wildman–Crippen LogP) is -0.981. The summed E-state index contributed by atoms with van der Waals surface area (Å²) in [6.45, 7) is 9.84. The van der Waals surface area contributed by atoms with Crippen molar-refractivity contribution in [2.75, 3.05) is 19.8 Å². The van der Waals surface area contributed by atoms with Crippen LogP contribution < -0.4 is 0 Å². The Morgan fingerprint density at radius 2 is 1.39 bits per heavy atom. The summed E-state index contributed by atoms with van der Waals surface area (Å²) >= 11 is 0. The van der Waals surface area contributed by atoms with Crippen molar-refractivity contribution in [3.05, 3.63) is 0 Å². The van der Waals surface area contributed by atoms with E-state index in [1.807, 2.05) is 0 Å². The highest BCUT2D eigenvalue weighted by Gasteiger charge is 2.77. The highest BCUT2D eigenvalue weighted by atomic mass is 16.8. The van der Waals surface area contributed by atoms with E-state index in [9.17, 15) is 51.1 Å². The van der Waals surface area contributed by atoms with E-state index < -0.39 is 134 Å². The van der Waals surface area contributed by atoms with Crippen molar-refractivity contribution in [3.63, 3.8) is 0 Å². The van der Waals surface area contributed by atoms with Gasteiger partial charge in [0.2, 0.25) is 0 Å². The van der Waals surface area contributed by atoms with Gasteiger partial charge in [-0.2, -0.15) is 0 Å². The van der Waals surface area contributed by atoms with E-state index in [-0.39, 0.29) is 42.1 Å². The zero-order valence-corrected chi connectivity index (χ0v) is 36.5. The SMILES string of the molecule is CC1CCC2(OC1)OC1CC3C4CCC5CC(O)CC(OC6OC(C)C(O)C(OC7OCC(O)C(O)C7O)C6OC6OC(CO)C(O)C(O)C6O)C5(C)C4CCC3(C)C1(O)C2C. The maximum Gasteiger partial charge on any atom is 0.187 e. The third kappa shape index (κ3) is 7.03.